The first kappa shape index (κ1) is 16.4. The second-order valence-corrected chi connectivity index (χ2v) is 5.83. The molecule has 1 aromatic heterocycles. The van der Waals surface area contributed by atoms with E-state index in [1.54, 1.807) is 26.0 Å². The van der Waals surface area contributed by atoms with Crippen LogP contribution in [0.4, 0.5) is 18.9 Å². The SMILES string of the molecule is Cc1nn(CC(F)(F)F)c(C)c1CNc1ccc2c(c1)CNC2=O. The molecule has 0 saturated carbocycles. The smallest absolute Gasteiger partial charge is 0.381 e. The Morgan fingerprint density at radius 1 is 1.33 bits per heavy atom. The normalized spacial score (nSPS) is 13.8. The summed E-state index contributed by atoms with van der Waals surface area (Å²) >= 11 is 0. The van der Waals surface area contributed by atoms with Gasteiger partial charge >= 0.3 is 6.18 Å². The van der Waals surface area contributed by atoms with Crippen LogP contribution in [-0.4, -0.2) is 21.9 Å². The molecule has 8 heteroatoms. The van der Waals surface area contributed by atoms with Crippen molar-refractivity contribution in [3.05, 3.63) is 46.3 Å². The van der Waals surface area contributed by atoms with Gasteiger partial charge in [0, 0.05) is 35.6 Å². The van der Waals surface area contributed by atoms with Crippen molar-refractivity contribution in [1.29, 1.82) is 0 Å². The summed E-state index contributed by atoms with van der Waals surface area (Å²) < 4.78 is 38.7. The number of aryl methyl sites for hydroxylation is 1. The molecule has 0 atom stereocenters. The molecule has 0 fully saturated rings. The van der Waals surface area contributed by atoms with Gasteiger partial charge in [0.15, 0.2) is 0 Å². The lowest BCUT2D eigenvalue weighted by Crippen LogP contribution is -2.19. The second kappa shape index (κ2) is 5.85. The number of hydrogen-bond acceptors (Lipinski definition) is 3. The molecule has 0 bridgehead atoms. The first-order valence-electron chi connectivity index (χ1n) is 7.49. The number of anilines is 1. The zero-order valence-corrected chi connectivity index (χ0v) is 13.3. The number of benzene rings is 1. The van der Waals surface area contributed by atoms with Gasteiger partial charge in [0.1, 0.15) is 6.54 Å². The van der Waals surface area contributed by atoms with Crippen molar-refractivity contribution < 1.29 is 18.0 Å². The van der Waals surface area contributed by atoms with Crippen LogP contribution in [0.5, 0.6) is 0 Å². The molecule has 24 heavy (non-hydrogen) atoms. The highest BCUT2D eigenvalue weighted by Gasteiger charge is 2.30. The van der Waals surface area contributed by atoms with Gasteiger partial charge in [-0.3, -0.25) is 9.48 Å². The Balaban J connectivity index is 1.74. The molecule has 2 aromatic rings. The van der Waals surface area contributed by atoms with Crippen LogP contribution in [0.2, 0.25) is 0 Å². The molecule has 128 valence electrons. The molecule has 1 aromatic carbocycles. The summed E-state index contributed by atoms with van der Waals surface area (Å²) in [6.45, 7) is 3.10. The Morgan fingerprint density at radius 2 is 2.08 bits per heavy atom. The summed E-state index contributed by atoms with van der Waals surface area (Å²) in [5.41, 5.74) is 4.19. The van der Waals surface area contributed by atoms with Gasteiger partial charge < -0.3 is 10.6 Å². The summed E-state index contributed by atoms with van der Waals surface area (Å²) in [7, 11) is 0. The van der Waals surface area contributed by atoms with E-state index in [0.717, 1.165) is 21.5 Å². The predicted molar refractivity (Wildman–Crippen MR) is 82.7 cm³/mol. The molecule has 0 aliphatic carbocycles. The third-order valence-electron chi connectivity index (χ3n) is 4.12. The van der Waals surface area contributed by atoms with Crippen molar-refractivity contribution in [2.75, 3.05) is 5.32 Å². The average molecular weight is 338 g/mol. The molecular formula is C16H17F3N4O. The zero-order valence-electron chi connectivity index (χ0n) is 13.3. The molecule has 1 amide bonds. The molecule has 1 aliphatic rings. The van der Waals surface area contributed by atoms with Gasteiger partial charge in [-0.2, -0.15) is 18.3 Å². The summed E-state index contributed by atoms with van der Waals surface area (Å²) in [6, 6.07) is 5.40. The molecule has 3 rings (SSSR count). The third-order valence-corrected chi connectivity index (χ3v) is 4.12. The van der Waals surface area contributed by atoms with Crippen LogP contribution in [-0.2, 0) is 19.6 Å². The van der Waals surface area contributed by atoms with Crippen molar-refractivity contribution in [3.63, 3.8) is 0 Å². The van der Waals surface area contributed by atoms with E-state index in [1.165, 1.54) is 0 Å². The largest absolute Gasteiger partial charge is 0.408 e. The Labute approximate surface area is 136 Å². The number of amides is 1. The van der Waals surface area contributed by atoms with Crippen LogP contribution in [0.3, 0.4) is 0 Å². The molecule has 0 saturated heterocycles. The fourth-order valence-corrected chi connectivity index (χ4v) is 2.85. The number of rotatable bonds is 4. The summed E-state index contributed by atoms with van der Waals surface area (Å²) in [4.78, 5) is 11.5. The first-order valence-corrected chi connectivity index (χ1v) is 7.49. The van der Waals surface area contributed by atoms with E-state index >= 15 is 0 Å². The molecule has 2 N–H and O–H groups in total. The van der Waals surface area contributed by atoms with Crippen LogP contribution in [0.1, 0.15) is 32.9 Å². The number of halogens is 3. The lowest BCUT2D eigenvalue weighted by atomic mass is 10.1. The number of carbonyl (C=O) groups excluding carboxylic acids is 1. The molecule has 0 unspecified atom stereocenters. The Kier molecular flexibility index (Phi) is 3.98. The van der Waals surface area contributed by atoms with Crippen molar-refractivity contribution in [3.8, 4) is 0 Å². The molecule has 5 nitrogen and oxygen atoms in total. The van der Waals surface area contributed by atoms with Crippen molar-refractivity contribution in [1.82, 2.24) is 15.1 Å². The molecule has 0 radical (unpaired) electrons. The van der Waals surface area contributed by atoms with E-state index in [0.29, 0.717) is 30.0 Å². The van der Waals surface area contributed by atoms with Crippen LogP contribution in [0.15, 0.2) is 18.2 Å². The van der Waals surface area contributed by atoms with Gasteiger partial charge in [-0.25, -0.2) is 0 Å². The predicted octanol–water partition coefficient (Wildman–Crippen LogP) is 2.92. The Morgan fingerprint density at radius 3 is 2.79 bits per heavy atom. The van der Waals surface area contributed by atoms with Gasteiger partial charge in [-0.1, -0.05) is 0 Å². The number of nitrogens with one attached hydrogen (secondary N) is 2. The molecular weight excluding hydrogens is 321 g/mol. The Bertz CT molecular complexity index is 795. The average Bonchev–Trinajstić information content (AvgIpc) is 2.97. The number of nitrogens with zero attached hydrogens (tertiary/aromatic N) is 2. The molecule has 1 aliphatic heterocycles. The fourth-order valence-electron chi connectivity index (χ4n) is 2.85. The number of aromatic nitrogens is 2. The summed E-state index contributed by atoms with van der Waals surface area (Å²) in [5, 5.41) is 9.91. The minimum absolute atomic E-state index is 0.0864. The van der Waals surface area contributed by atoms with Crippen molar-refractivity contribution in [2.24, 2.45) is 0 Å². The number of fused-ring (bicyclic) bond motifs is 1. The Hall–Kier alpha value is -2.51. The maximum Gasteiger partial charge on any atom is 0.408 e. The lowest BCUT2D eigenvalue weighted by Gasteiger charge is -2.10. The van der Waals surface area contributed by atoms with E-state index in [1.807, 2.05) is 6.07 Å². The highest BCUT2D eigenvalue weighted by atomic mass is 19.4. The molecule has 0 spiro atoms. The van der Waals surface area contributed by atoms with E-state index in [2.05, 4.69) is 15.7 Å². The number of alkyl halides is 3. The highest BCUT2D eigenvalue weighted by Crippen LogP contribution is 2.23. The van der Waals surface area contributed by atoms with Crippen molar-refractivity contribution >= 4 is 11.6 Å². The van der Waals surface area contributed by atoms with Gasteiger partial charge in [0.05, 0.1) is 5.69 Å². The van der Waals surface area contributed by atoms with Gasteiger partial charge in [0.25, 0.3) is 5.91 Å². The second-order valence-electron chi connectivity index (χ2n) is 5.83. The van der Waals surface area contributed by atoms with E-state index in [9.17, 15) is 18.0 Å². The minimum atomic E-state index is -4.30. The van der Waals surface area contributed by atoms with Crippen molar-refractivity contribution in [2.45, 2.75) is 39.7 Å². The third kappa shape index (κ3) is 3.22. The van der Waals surface area contributed by atoms with Crippen LogP contribution in [0, 0.1) is 13.8 Å². The van der Waals surface area contributed by atoms with E-state index in [-0.39, 0.29) is 5.91 Å². The number of hydrogen-bond donors (Lipinski definition) is 2. The number of carbonyl (C=O) groups is 1. The summed E-state index contributed by atoms with van der Waals surface area (Å²) in [5.74, 6) is -0.0864. The van der Waals surface area contributed by atoms with Gasteiger partial charge in [-0.05, 0) is 37.6 Å². The van der Waals surface area contributed by atoms with Crippen LogP contribution >= 0.6 is 0 Å². The maximum atomic E-state index is 12.6. The maximum absolute atomic E-state index is 12.6. The lowest BCUT2D eigenvalue weighted by molar-refractivity contribution is -0.142. The highest BCUT2D eigenvalue weighted by molar-refractivity contribution is 5.98. The topological polar surface area (TPSA) is 59.0 Å². The fraction of sp³-hybridized carbons (Fsp3) is 0.375. The van der Waals surface area contributed by atoms with Gasteiger partial charge in [0.2, 0.25) is 0 Å². The first-order chi connectivity index (χ1) is 11.2. The van der Waals surface area contributed by atoms with E-state index < -0.39 is 12.7 Å². The van der Waals surface area contributed by atoms with Gasteiger partial charge in [-0.15, -0.1) is 0 Å². The minimum Gasteiger partial charge on any atom is -0.381 e. The van der Waals surface area contributed by atoms with Crippen LogP contribution in [0.25, 0.3) is 0 Å². The zero-order chi connectivity index (χ0) is 17.5. The van der Waals surface area contributed by atoms with E-state index in [4.69, 9.17) is 0 Å². The standard InChI is InChI=1S/C16H17F3N4O/c1-9-14(10(2)23(22-9)8-16(17,18)19)7-20-12-3-4-13-11(5-12)6-21-15(13)24/h3-5,20H,6-8H2,1-2H3,(H,21,24). The quantitative estimate of drug-likeness (QED) is 0.901. The monoisotopic (exact) mass is 338 g/mol. The van der Waals surface area contributed by atoms with Crippen LogP contribution < -0.4 is 10.6 Å². The molecule has 2 heterocycles. The summed E-state index contributed by atoms with van der Waals surface area (Å²) in [6.07, 6.45) is -4.30.